The van der Waals surface area contributed by atoms with Crippen molar-refractivity contribution in [2.75, 3.05) is 13.7 Å². The van der Waals surface area contributed by atoms with Crippen LogP contribution in [0.3, 0.4) is 0 Å². The lowest BCUT2D eigenvalue weighted by molar-refractivity contribution is -0.151. The second-order valence-corrected chi connectivity index (χ2v) is 1.90. The Morgan fingerprint density at radius 3 is 3.10 bits per heavy atom. The van der Waals surface area contributed by atoms with Crippen LogP contribution in [0.5, 0.6) is 0 Å². The molecule has 1 heterocycles. The van der Waals surface area contributed by atoms with Crippen LogP contribution in [0.15, 0.2) is 0 Å². The van der Waals surface area contributed by atoms with Crippen LogP contribution >= 0.6 is 0 Å². The van der Waals surface area contributed by atoms with Gasteiger partial charge in [0.1, 0.15) is 0 Å². The van der Waals surface area contributed by atoms with Crippen LogP contribution in [-0.4, -0.2) is 25.8 Å². The molecule has 0 amide bonds. The lowest BCUT2D eigenvalue weighted by Crippen LogP contribution is -2.30. The Morgan fingerprint density at radius 2 is 2.60 bits per heavy atom. The predicted octanol–water partition coefficient (Wildman–Crippen LogP) is 0.171. The van der Waals surface area contributed by atoms with Crippen molar-refractivity contribution in [2.24, 2.45) is 0 Å². The summed E-state index contributed by atoms with van der Waals surface area (Å²) in [7, 11) is 1.35. The van der Waals surface area contributed by atoms with Crippen molar-refractivity contribution in [3.63, 3.8) is 0 Å². The van der Waals surface area contributed by atoms with Gasteiger partial charge in [0.15, 0.2) is 6.10 Å². The summed E-state index contributed by atoms with van der Waals surface area (Å²) in [6.45, 7) is 0.482. The molecule has 1 aliphatic heterocycles. The van der Waals surface area contributed by atoms with E-state index in [-0.39, 0.29) is 5.97 Å². The van der Waals surface area contributed by atoms with E-state index in [1.54, 1.807) is 12.8 Å². The number of methoxy groups -OCH3 is 1. The average molecular weight is 141 g/mol. The van der Waals surface area contributed by atoms with Gasteiger partial charge < -0.3 is 9.47 Å². The molecule has 0 saturated carbocycles. The molecule has 0 aromatic rings. The highest BCUT2D eigenvalue weighted by Crippen LogP contribution is 2.10. The summed E-state index contributed by atoms with van der Waals surface area (Å²) in [5.41, 5.74) is 0. The molecule has 0 bridgehead atoms. The van der Waals surface area contributed by atoms with E-state index in [0.717, 1.165) is 0 Å². The molecular formula is C7H9O3. The summed E-state index contributed by atoms with van der Waals surface area (Å²) < 4.78 is 9.47. The van der Waals surface area contributed by atoms with Crippen molar-refractivity contribution in [1.82, 2.24) is 0 Å². The van der Waals surface area contributed by atoms with E-state index in [2.05, 4.69) is 4.74 Å². The number of hydrogen-bond donors (Lipinski definition) is 0. The molecule has 1 rings (SSSR count). The van der Waals surface area contributed by atoms with E-state index in [0.29, 0.717) is 6.61 Å². The van der Waals surface area contributed by atoms with Crippen molar-refractivity contribution < 1.29 is 14.3 Å². The van der Waals surface area contributed by atoms with Crippen molar-refractivity contribution in [1.29, 1.82) is 0 Å². The maximum atomic E-state index is 10.8. The Hall–Kier alpha value is -0.570. The second-order valence-electron chi connectivity index (χ2n) is 1.90. The lowest BCUT2D eigenvalue weighted by Gasteiger charge is -2.18. The zero-order valence-corrected chi connectivity index (χ0v) is 5.74. The van der Waals surface area contributed by atoms with Crippen LogP contribution in [0.2, 0.25) is 0 Å². The molecular weight excluding hydrogens is 132 g/mol. The zero-order chi connectivity index (χ0) is 7.40. The third-order valence-corrected chi connectivity index (χ3v) is 1.23. The molecule has 1 saturated heterocycles. The van der Waals surface area contributed by atoms with Crippen molar-refractivity contribution in [3.8, 4) is 0 Å². The third-order valence-electron chi connectivity index (χ3n) is 1.23. The SMILES string of the molecule is COC(=O)C1[CH][CH][CH]CO1. The van der Waals surface area contributed by atoms with E-state index in [1.165, 1.54) is 7.11 Å². The van der Waals surface area contributed by atoms with Gasteiger partial charge in [-0.3, -0.25) is 0 Å². The Labute approximate surface area is 60.3 Å². The van der Waals surface area contributed by atoms with Gasteiger partial charge in [-0.05, 0) is 12.8 Å². The minimum Gasteiger partial charge on any atom is -0.467 e. The average Bonchev–Trinajstić information content (AvgIpc) is 2.05. The Balaban J connectivity index is 2.31. The zero-order valence-electron chi connectivity index (χ0n) is 5.74. The minimum absolute atomic E-state index is 0.343. The molecule has 3 radical (unpaired) electrons. The fourth-order valence-corrected chi connectivity index (χ4v) is 0.713. The van der Waals surface area contributed by atoms with Crippen LogP contribution < -0.4 is 0 Å². The van der Waals surface area contributed by atoms with E-state index in [9.17, 15) is 4.79 Å². The van der Waals surface area contributed by atoms with Gasteiger partial charge in [0.25, 0.3) is 0 Å². The number of rotatable bonds is 1. The number of esters is 1. The minimum atomic E-state index is -0.505. The predicted molar refractivity (Wildman–Crippen MR) is 34.7 cm³/mol. The quantitative estimate of drug-likeness (QED) is 0.488. The van der Waals surface area contributed by atoms with Gasteiger partial charge in [0.2, 0.25) is 0 Å². The van der Waals surface area contributed by atoms with E-state index in [4.69, 9.17) is 4.74 Å². The number of carbonyl (C=O) groups excluding carboxylic acids is 1. The van der Waals surface area contributed by atoms with Gasteiger partial charge >= 0.3 is 5.97 Å². The van der Waals surface area contributed by atoms with Gasteiger partial charge in [0, 0.05) is 6.42 Å². The van der Waals surface area contributed by atoms with Crippen molar-refractivity contribution >= 4 is 5.97 Å². The molecule has 10 heavy (non-hydrogen) atoms. The smallest absolute Gasteiger partial charge is 0.335 e. The topological polar surface area (TPSA) is 35.5 Å². The van der Waals surface area contributed by atoms with E-state index in [1.807, 2.05) is 6.42 Å². The van der Waals surface area contributed by atoms with Crippen LogP contribution in [0.4, 0.5) is 0 Å². The summed E-state index contributed by atoms with van der Waals surface area (Å²) >= 11 is 0. The normalized spacial score (nSPS) is 25.9. The molecule has 1 unspecified atom stereocenters. The molecule has 55 valence electrons. The summed E-state index contributed by atoms with van der Waals surface area (Å²) in [4.78, 5) is 10.8. The maximum absolute atomic E-state index is 10.8. The Bertz CT molecular complexity index is 116. The summed E-state index contributed by atoms with van der Waals surface area (Å²) in [6, 6.07) is 0. The van der Waals surface area contributed by atoms with Crippen molar-refractivity contribution in [2.45, 2.75) is 6.10 Å². The number of ether oxygens (including phenoxy) is 2. The molecule has 0 aliphatic carbocycles. The van der Waals surface area contributed by atoms with Crippen LogP contribution in [-0.2, 0) is 14.3 Å². The second kappa shape index (κ2) is 3.56. The highest BCUT2D eigenvalue weighted by atomic mass is 16.6. The van der Waals surface area contributed by atoms with Gasteiger partial charge in [0.05, 0.1) is 13.7 Å². The van der Waals surface area contributed by atoms with Crippen molar-refractivity contribution in [3.05, 3.63) is 19.3 Å². The fraction of sp³-hybridized carbons (Fsp3) is 0.429. The number of carbonyl (C=O) groups is 1. The molecule has 3 nitrogen and oxygen atoms in total. The van der Waals surface area contributed by atoms with E-state index < -0.39 is 6.10 Å². The van der Waals surface area contributed by atoms with Crippen LogP contribution in [0.1, 0.15) is 0 Å². The fourth-order valence-electron chi connectivity index (χ4n) is 0.713. The first-order chi connectivity index (χ1) is 4.84. The molecule has 0 aromatic carbocycles. The summed E-state index contributed by atoms with van der Waals surface area (Å²) in [6.07, 6.45) is 4.79. The Morgan fingerprint density at radius 1 is 1.80 bits per heavy atom. The lowest BCUT2D eigenvalue weighted by atomic mass is 10.1. The Kier molecular flexibility index (Phi) is 2.68. The molecule has 1 fully saturated rings. The molecule has 3 heteroatoms. The summed E-state index contributed by atoms with van der Waals surface area (Å²) in [5.74, 6) is -0.343. The largest absolute Gasteiger partial charge is 0.467 e. The highest BCUT2D eigenvalue weighted by Gasteiger charge is 2.22. The van der Waals surface area contributed by atoms with E-state index >= 15 is 0 Å². The van der Waals surface area contributed by atoms with Gasteiger partial charge in [-0.15, -0.1) is 0 Å². The third kappa shape index (κ3) is 1.70. The van der Waals surface area contributed by atoms with Gasteiger partial charge in [-0.25, -0.2) is 4.79 Å². The molecule has 0 aromatic heterocycles. The standard InChI is InChI=1S/C7H9O3/c1-9-7(8)6-4-2-3-5-10-6/h2-4,6H,5H2,1H3. The maximum Gasteiger partial charge on any atom is 0.335 e. The molecule has 1 aliphatic rings. The van der Waals surface area contributed by atoms with Crippen LogP contribution in [0, 0.1) is 19.3 Å². The first-order valence-corrected chi connectivity index (χ1v) is 3.04. The van der Waals surface area contributed by atoms with Gasteiger partial charge in [-0.2, -0.15) is 0 Å². The van der Waals surface area contributed by atoms with Gasteiger partial charge in [-0.1, -0.05) is 0 Å². The first-order valence-electron chi connectivity index (χ1n) is 3.04. The summed E-state index contributed by atoms with van der Waals surface area (Å²) in [5, 5.41) is 0. The molecule has 0 N–H and O–H groups in total. The number of hydrogen-bond acceptors (Lipinski definition) is 3. The first kappa shape index (κ1) is 7.54. The molecule has 0 spiro atoms. The molecule has 1 atom stereocenters. The highest BCUT2D eigenvalue weighted by molar-refractivity contribution is 5.76. The monoisotopic (exact) mass is 141 g/mol. The van der Waals surface area contributed by atoms with Crippen LogP contribution in [0.25, 0.3) is 0 Å².